The number of hydrogen-bond acceptors (Lipinski definition) is 5. The summed E-state index contributed by atoms with van der Waals surface area (Å²) in [5.74, 6) is 1.59. The average Bonchev–Trinajstić information content (AvgIpc) is 3.20. The second-order valence-corrected chi connectivity index (χ2v) is 6.29. The lowest BCUT2D eigenvalue weighted by atomic mass is 10.2. The summed E-state index contributed by atoms with van der Waals surface area (Å²) in [6.45, 7) is 2.12. The van der Waals surface area contributed by atoms with Crippen LogP contribution in [-0.2, 0) is 17.8 Å². The maximum absolute atomic E-state index is 11.9. The molecule has 2 aromatic heterocycles. The van der Waals surface area contributed by atoms with E-state index in [1.54, 1.807) is 37.4 Å². The molecule has 0 spiro atoms. The van der Waals surface area contributed by atoms with Gasteiger partial charge in [-0.3, -0.25) is 4.79 Å². The zero-order valence-electron chi connectivity index (χ0n) is 13.4. The molecule has 0 atom stereocenters. The van der Waals surface area contributed by atoms with Crippen molar-refractivity contribution >= 4 is 29.1 Å². The highest BCUT2D eigenvalue weighted by molar-refractivity contribution is 6.36. The molecule has 1 N–H and O–H groups in total. The Balaban J connectivity index is 1.53. The second-order valence-electron chi connectivity index (χ2n) is 5.45. The molecule has 1 amide bonds. The van der Waals surface area contributed by atoms with Crippen LogP contribution in [0.3, 0.4) is 0 Å². The first-order chi connectivity index (χ1) is 12.0. The van der Waals surface area contributed by atoms with Crippen LogP contribution in [0.1, 0.15) is 23.8 Å². The summed E-state index contributed by atoms with van der Waals surface area (Å²) in [5.41, 5.74) is 1.39. The first kappa shape index (κ1) is 17.5. The van der Waals surface area contributed by atoms with E-state index in [2.05, 4.69) is 15.5 Å². The number of carbonyl (C=O) groups excluding carboxylic acids is 1. The normalized spacial score (nSPS) is 10.8. The van der Waals surface area contributed by atoms with Crippen LogP contribution < -0.4 is 5.32 Å². The van der Waals surface area contributed by atoms with Gasteiger partial charge >= 0.3 is 0 Å². The van der Waals surface area contributed by atoms with Gasteiger partial charge in [0.25, 0.3) is 0 Å². The van der Waals surface area contributed by atoms with E-state index in [0.29, 0.717) is 51.7 Å². The van der Waals surface area contributed by atoms with E-state index in [-0.39, 0.29) is 12.3 Å². The molecule has 25 heavy (non-hydrogen) atoms. The van der Waals surface area contributed by atoms with E-state index < -0.39 is 0 Å². The largest absolute Gasteiger partial charge is 0.441 e. The van der Waals surface area contributed by atoms with Gasteiger partial charge in [-0.05, 0) is 25.1 Å². The smallest absolute Gasteiger partial charge is 0.220 e. The van der Waals surface area contributed by atoms with Crippen LogP contribution in [0.25, 0.3) is 11.3 Å². The Kier molecular flexibility index (Phi) is 5.40. The number of aryl methyl sites for hydroxylation is 2. The van der Waals surface area contributed by atoms with Gasteiger partial charge in [0.15, 0.2) is 11.7 Å². The summed E-state index contributed by atoms with van der Waals surface area (Å²) in [7, 11) is 0. The molecule has 3 aromatic rings. The quantitative estimate of drug-likeness (QED) is 0.693. The zero-order chi connectivity index (χ0) is 17.8. The maximum Gasteiger partial charge on any atom is 0.220 e. The van der Waals surface area contributed by atoms with Crippen molar-refractivity contribution in [2.24, 2.45) is 0 Å². The van der Waals surface area contributed by atoms with Crippen LogP contribution >= 0.6 is 23.2 Å². The predicted molar refractivity (Wildman–Crippen MR) is 93.4 cm³/mol. The Bertz CT molecular complexity index is 889. The van der Waals surface area contributed by atoms with Crippen LogP contribution in [0.4, 0.5) is 0 Å². The lowest BCUT2D eigenvalue weighted by Gasteiger charge is -2.02. The Morgan fingerprint density at radius 2 is 2.12 bits per heavy atom. The van der Waals surface area contributed by atoms with Crippen molar-refractivity contribution < 1.29 is 13.7 Å². The SMILES string of the molecule is Cc1cc(CNC(=O)CCc2ncc(-c3ccc(Cl)cc3Cl)o2)no1. The maximum atomic E-state index is 11.9. The number of hydrogen-bond donors (Lipinski definition) is 1. The first-order valence-corrected chi connectivity index (χ1v) is 8.36. The topological polar surface area (TPSA) is 81.2 Å². The van der Waals surface area contributed by atoms with E-state index in [4.69, 9.17) is 32.1 Å². The van der Waals surface area contributed by atoms with Gasteiger partial charge in [0, 0.05) is 29.5 Å². The highest BCUT2D eigenvalue weighted by Crippen LogP contribution is 2.30. The molecule has 0 unspecified atom stereocenters. The third-order valence-corrected chi connectivity index (χ3v) is 4.01. The van der Waals surface area contributed by atoms with Gasteiger partial charge in [0.05, 0.1) is 17.8 Å². The van der Waals surface area contributed by atoms with Crippen molar-refractivity contribution in [2.75, 3.05) is 0 Å². The third kappa shape index (κ3) is 4.61. The molecular formula is C17H15Cl2N3O3. The van der Waals surface area contributed by atoms with Gasteiger partial charge in [-0.1, -0.05) is 28.4 Å². The average molecular weight is 380 g/mol. The highest BCUT2D eigenvalue weighted by Gasteiger charge is 2.12. The standard InChI is InChI=1S/C17H15Cl2N3O3/c1-10-6-12(22-25-10)8-20-16(23)4-5-17-21-9-15(24-17)13-3-2-11(18)7-14(13)19/h2-3,6-7,9H,4-5,8H2,1H3,(H,20,23). The van der Waals surface area contributed by atoms with Gasteiger partial charge in [-0.2, -0.15) is 0 Å². The fraction of sp³-hybridized carbons (Fsp3) is 0.235. The molecule has 6 nitrogen and oxygen atoms in total. The summed E-state index contributed by atoms with van der Waals surface area (Å²) in [5, 5.41) is 7.62. The minimum absolute atomic E-state index is 0.120. The van der Waals surface area contributed by atoms with Gasteiger partial charge in [0.1, 0.15) is 11.5 Å². The number of nitrogens with one attached hydrogen (secondary N) is 1. The molecule has 0 bridgehead atoms. The van der Waals surface area contributed by atoms with E-state index >= 15 is 0 Å². The molecule has 8 heteroatoms. The number of carbonyl (C=O) groups is 1. The second kappa shape index (κ2) is 7.72. The summed E-state index contributed by atoms with van der Waals surface area (Å²) >= 11 is 12.0. The summed E-state index contributed by atoms with van der Waals surface area (Å²) < 4.78 is 10.6. The van der Waals surface area contributed by atoms with Crippen LogP contribution in [0, 0.1) is 6.92 Å². The molecule has 130 valence electrons. The van der Waals surface area contributed by atoms with Gasteiger partial charge in [0.2, 0.25) is 5.91 Å². The number of nitrogens with zero attached hydrogens (tertiary/aromatic N) is 2. The minimum atomic E-state index is -0.120. The molecule has 0 aliphatic carbocycles. The number of aromatic nitrogens is 2. The predicted octanol–water partition coefficient (Wildman–Crippen LogP) is 4.19. The summed E-state index contributed by atoms with van der Waals surface area (Å²) in [4.78, 5) is 16.1. The van der Waals surface area contributed by atoms with Crippen molar-refractivity contribution in [2.45, 2.75) is 26.3 Å². The number of rotatable bonds is 6. The molecule has 1 aromatic carbocycles. The highest BCUT2D eigenvalue weighted by atomic mass is 35.5. The Morgan fingerprint density at radius 1 is 1.28 bits per heavy atom. The van der Waals surface area contributed by atoms with Crippen molar-refractivity contribution in [1.29, 1.82) is 0 Å². The molecule has 3 rings (SSSR count). The third-order valence-electron chi connectivity index (χ3n) is 3.46. The van der Waals surface area contributed by atoms with Crippen LogP contribution in [0.15, 0.2) is 39.4 Å². The Morgan fingerprint density at radius 3 is 2.84 bits per heavy atom. The summed E-state index contributed by atoms with van der Waals surface area (Å²) in [6, 6.07) is 6.90. The van der Waals surface area contributed by atoms with Gasteiger partial charge < -0.3 is 14.3 Å². The monoisotopic (exact) mass is 379 g/mol. The molecular weight excluding hydrogens is 365 g/mol. The van der Waals surface area contributed by atoms with E-state index in [1.165, 1.54) is 0 Å². The molecule has 2 heterocycles. The van der Waals surface area contributed by atoms with Crippen molar-refractivity contribution in [1.82, 2.24) is 15.5 Å². The number of halogens is 2. The fourth-order valence-corrected chi connectivity index (χ4v) is 2.74. The molecule has 0 saturated heterocycles. The number of oxazole rings is 1. The van der Waals surface area contributed by atoms with Crippen molar-refractivity contribution in [3.63, 3.8) is 0 Å². The molecule has 0 fully saturated rings. The Labute approximate surface area is 154 Å². The lowest BCUT2D eigenvalue weighted by molar-refractivity contribution is -0.121. The van der Waals surface area contributed by atoms with E-state index in [9.17, 15) is 4.79 Å². The lowest BCUT2D eigenvalue weighted by Crippen LogP contribution is -2.23. The van der Waals surface area contributed by atoms with Gasteiger partial charge in [-0.25, -0.2) is 4.98 Å². The van der Waals surface area contributed by atoms with E-state index in [1.807, 2.05) is 0 Å². The number of amides is 1. The first-order valence-electron chi connectivity index (χ1n) is 7.60. The zero-order valence-corrected chi connectivity index (χ0v) is 14.9. The van der Waals surface area contributed by atoms with Crippen LogP contribution in [0.5, 0.6) is 0 Å². The van der Waals surface area contributed by atoms with E-state index in [0.717, 1.165) is 0 Å². The fourth-order valence-electron chi connectivity index (χ4n) is 2.24. The Hall–Kier alpha value is -2.31. The van der Waals surface area contributed by atoms with Crippen LogP contribution in [0.2, 0.25) is 10.0 Å². The molecule has 0 aliphatic heterocycles. The minimum Gasteiger partial charge on any atom is -0.441 e. The van der Waals surface area contributed by atoms with Crippen LogP contribution in [-0.4, -0.2) is 16.0 Å². The van der Waals surface area contributed by atoms with Gasteiger partial charge in [-0.15, -0.1) is 0 Å². The van der Waals surface area contributed by atoms with Crippen molar-refractivity contribution in [3.05, 3.63) is 57.9 Å². The van der Waals surface area contributed by atoms with Crippen molar-refractivity contribution in [3.8, 4) is 11.3 Å². The summed E-state index contributed by atoms with van der Waals surface area (Å²) in [6.07, 6.45) is 2.22. The number of benzene rings is 1. The molecule has 0 radical (unpaired) electrons. The molecule has 0 saturated carbocycles. The molecule has 0 aliphatic rings.